The molecule has 0 N–H and O–H groups in total. The molecule has 4 unspecified atom stereocenters. The Morgan fingerprint density at radius 2 is 1.85 bits per heavy atom. The summed E-state index contributed by atoms with van der Waals surface area (Å²) >= 11 is 0. The lowest BCUT2D eigenvalue weighted by atomic mass is 9.44. The van der Waals surface area contributed by atoms with E-state index in [9.17, 15) is 4.79 Å². The molecule has 27 heavy (non-hydrogen) atoms. The summed E-state index contributed by atoms with van der Waals surface area (Å²) in [6.45, 7) is 8.82. The van der Waals surface area contributed by atoms with Crippen molar-refractivity contribution in [2.45, 2.75) is 104 Å². The van der Waals surface area contributed by atoms with Gasteiger partial charge in [-0.2, -0.15) is 0 Å². The third-order valence-electron chi connectivity index (χ3n) is 10.0. The van der Waals surface area contributed by atoms with E-state index in [1.807, 2.05) is 0 Å². The van der Waals surface area contributed by atoms with Crippen LogP contribution >= 0.6 is 0 Å². The third-order valence-corrected chi connectivity index (χ3v) is 10.0. The SMILES string of the molecule is C=CCCCCC[C@H]1CC[C@@]2(C)C(CCC3C2CC[C@]2(C)C(=O)CCC32)C1. The van der Waals surface area contributed by atoms with Gasteiger partial charge in [-0.3, -0.25) is 4.79 Å². The molecule has 0 heterocycles. The van der Waals surface area contributed by atoms with Crippen molar-refractivity contribution in [1.82, 2.24) is 0 Å². The lowest BCUT2D eigenvalue weighted by Crippen LogP contribution is -2.53. The number of hydrogen-bond acceptors (Lipinski definition) is 1. The molecular formula is C26H42O. The molecule has 0 aromatic rings. The Hall–Kier alpha value is -0.590. The number of carbonyl (C=O) groups excluding carboxylic acids is 1. The molecule has 152 valence electrons. The van der Waals surface area contributed by atoms with Gasteiger partial charge >= 0.3 is 0 Å². The van der Waals surface area contributed by atoms with E-state index < -0.39 is 0 Å². The van der Waals surface area contributed by atoms with Gasteiger partial charge in [0.05, 0.1) is 0 Å². The van der Waals surface area contributed by atoms with Crippen molar-refractivity contribution in [2.75, 3.05) is 0 Å². The standard InChI is InChI=1S/C26H42O/c1-4-5-6-7-8-9-19-14-16-25(2)20(18-19)10-11-21-22-12-13-24(27)26(22,3)17-15-23(21)25/h4,19-23H,1,5-18H2,2-3H3/t19-,20?,21?,22?,23?,25-,26-/m0/s1. The molecule has 4 rings (SSSR count). The van der Waals surface area contributed by atoms with E-state index in [-0.39, 0.29) is 5.41 Å². The first-order valence-electron chi connectivity index (χ1n) is 12.1. The summed E-state index contributed by atoms with van der Waals surface area (Å²) in [5.74, 6) is 5.03. The van der Waals surface area contributed by atoms with Crippen LogP contribution in [0, 0.1) is 40.4 Å². The first kappa shape index (κ1) is 19.7. The molecule has 0 amide bonds. The third kappa shape index (κ3) is 3.36. The Morgan fingerprint density at radius 1 is 1.00 bits per heavy atom. The van der Waals surface area contributed by atoms with E-state index in [1.165, 1.54) is 83.5 Å². The lowest BCUT2D eigenvalue weighted by Gasteiger charge is -2.60. The van der Waals surface area contributed by atoms with Crippen LogP contribution in [-0.2, 0) is 4.79 Å². The highest BCUT2D eigenvalue weighted by Gasteiger charge is 2.60. The Morgan fingerprint density at radius 3 is 2.67 bits per heavy atom. The molecular weight excluding hydrogens is 328 g/mol. The van der Waals surface area contributed by atoms with Crippen LogP contribution in [-0.4, -0.2) is 5.78 Å². The maximum Gasteiger partial charge on any atom is 0.139 e. The highest BCUT2D eigenvalue weighted by Crippen LogP contribution is 2.66. The topological polar surface area (TPSA) is 17.1 Å². The number of Topliss-reactive ketones (excluding diaryl/α,β-unsaturated/α-hetero) is 1. The predicted molar refractivity (Wildman–Crippen MR) is 114 cm³/mol. The Balaban J connectivity index is 1.38. The van der Waals surface area contributed by atoms with Gasteiger partial charge in [-0.25, -0.2) is 0 Å². The molecule has 4 saturated carbocycles. The number of allylic oxidation sites excluding steroid dienone is 1. The van der Waals surface area contributed by atoms with Crippen molar-refractivity contribution >= 4 is 5.78 Å². The molecule has 0 aromatic heterocycles. The summed E-state index contributed by atoms with van der Waals surface area (Å²) in [4.78, 5) is 12.6. The lowest BCUT2D eigenvalue weighted by molar-refractivity contribution is -0.140. The van der Waals surface area contributed by atoms with Crippen LogP contribution in [0.15, 0.2) is 12.7 Å². The summed E-state index contributed by atoms with van der Waals surface area (Å²) in [5, 5.41) is 0. The number of unbranched alkanes of at least 4 members (excludes halogenated alkanes) is 3. The van der Waals surface area contributed by atoms with Gasteiger partial charge in [0, 0.05) is 11.8 Å². The molecule has 4 aliphatic carbocycles. The van der Waals surface area contributed by atoms with Crippen LogP contribution < -0.4 is 0 Å². The molecule has 7 atom stereocenters. The van der Waals surface area contributed by atoms with Crippen molar-refractivity contribution in [2.24, 2.45) is 40.4 Å². The number of rotatable bonds is 6. The fourth-order valence-electron chi connectivity index (χ4n) is 8.28. The Labute approximate surface area is 167 Å². The fourth-order valence-corrected chi connectivity index (χ4v) is 8.28. The van der Waals surface area contributed by atoms with Crippen molar-refractivity contribution in [1.29, 1.82) is 0 Å². The second-order valence-electron chi connectivity index (χ2n) is 11.1. The van der Waals surface area contributed by atoms with Gasteiger partial charge < -0.3 is 0 Å². The van der Waals surface area contributed by atoms with E-state index in [1.54, 1.807) is 0 Å². The quantitative estimate of drug-likeness (QED) is 0.353. The van der Waals surface area contributed by atoms with Crippen molar-refractivity contribution in [3.05, 3.63) is 12.7 Å². The fraction of sp³-hybridized carbons (Fsp3) is 0.885. The van der Waals surface area contributed by atoms with Gasteiger partial charge in [0.1, 0.15) is 5.78 Å². The summed E-state index contributed by atoms with van der Waals surface area (Å²) in [6, 6.07) is 0. The van der Waals surface area contributed by atoms with Gasteiger partial charge in [0.25, 0.3) is 0 Å². The molecule has 0 spiro atoms. The van der Waals surface area contributed by atoms with E-state index in [0.717, 1.165) is 30.1 Å². The highest BCUT2D eigenvalue weighted by molar-refractivity contribution is 5.87. The zero-order chi connectivity index (χ0) is 19.1. The number of hydrogen-bond donors (Lipinski definition) is 0. The number of fused-ring (bicyclic) bond motifs is 5. The zero-order valence-corrected chi connectivity index (χ0v) is 18.0. The summed E-state index contributed by atoms with van der Waals surface area (Å²) < 4.78 is 0. The van der Waals surface area contributed by atoms with Gasteiger partial charge in [0.2, 0.25) is 0 Å². The molecule has 4 aliphatic rings. The van der Waals surface area contributed by atoms with Crippen LogP contribution in [0.25, 0.3) is 0 Å². The molecule has 1 nitrogen and oxygen atoms in total. The predicted octanol–water partition coefficient (Wildman–Crippen LogP) is 7.35. The monoisotopic (exact) mass is 370 g/mol. The largest absolute Gasteiger partial charge is 0.299 e. The van der Waals surface area contributed by atoms with E-state index in [2.05, 4.69) is 26.5 Å². The van der Waals surface area contributed by atoms with Crippen LogP contribution in [0.4, 0.5) is 0 Å². The zero-order valence-electron chi connectivity index (χ0n) is 18.0. The van der Waals surface area contributed by atoms with Crippen LogP contribution in [0.1, 0.15) is 104 Å². The van der Waals surface area contributed by atoms with Crippen molar-refractivity contribution in [3.63, 3.8) is 0 Å². The highest BCUT2D eigenvalue weighted by atomic mass is 16.1. The molecule has 0 saturated heterocycles. The molecule has 0 aliphatic heterocycles. The van der Waals surface area contributed by atoms with Crippen LogP contribution in [0.2, 0.25) is 0 Å². The average Bonchev–Trinajstić information content (AvgIpc) is 2.97. The van der Waals surface area contributed by atoms with E-state index in [0.29, 0.717) is 17.1 Å². The average molecular weight is 371 g/mol. The minimum Gasteiger partial charge on any atom is -0.299 e. The molecule has 4 fully saturated rings. The summed E-state index contributed by atoms with van der Waals surface area (Å²) in [5.41, 5.74) is 0.627. The molecule has 0 radical (unpaired) electrons. The minimum absolute atomic E-state index is 0.0486. The van der Waals surface area contributed by atoms with Crippen molar-refractivity contribution in [3.8, 4) is 0 Å². The Kier molecular flexibility index (Phi) is 5.61. The smallest absolute Gasteiger partial charge is 0.139 e. The molecule has 0 bridgehead atoms. The van der Waals surface area contributed by atoms with Gasteiger partial charge in [-0.1, -0.05) is 39.2 Å². The summed E-state index contributed by atoms with van der Waals surface area (Å²) in [6.07, 6.45) is 20.8. The van der Waals surface area contributed by atoms with Gasteiger partial charge in [-0.05, 0) is 99.2 Å². The minimum atomic E-state index is 0.0486. The van der Waals surface area contributed by atoms with Crippen molar-refractivity contribution < 1.29 is 4.79 Å². The van der Waals surface area contributed by atoms with E-state index >= 15 is 0 Å². The first-order chi connectivity index (χ1) is 13.0. The number of carbonyl (C=O) groups is 1. The second kappa shape index (κ2) is 7.68. The second-order valence-corrected chi connectivity index (χ2v) is 11.1. The van der Waals surface area contributed by atoms with Crippen LogP contribution in [0.3, 0.4) is 0 Å². The summed E-state index contributed by atoms with van der Waals surface area (Å²) in [7, 11) is 0. The first-order valence-corrected chi connectivity index (χ1v) is 12.1. The maximum absolute atomic E-state index is 12.6. The Bertz CT molecular complexity index is 565. The normalized spacial score (nSPS) is 46.4. The van der Waals surface area contributed by atoms with Crippen LogP contribution in [0.5, 0.6) is 0 Å². The maximum atomic E-state index is 12.6. The van der Waals surface area contributed by atoms with Gasteiger partial charge in [0.15, 0.2) is 0 Å². The number of ketones is 1. The van der Waals surface area contributed by atoms with E-state index in [4.69, 9.17) is 0 Å². The molecule has 0 aromatic carbocycles. The molecule has 1 heteroatoms. The van der Waals surface area contributed by atoms with Gasteiger partial charge in [-0.15, -0.1) is 6.58 Å².